The highest BCUT2D eigenvalue weighted by atomic mass is 35.5. The topological polar surface area (TPSA) is 39.3 Å². The second-order valence-corrected chi connectivity index (χ2v) is 8.74. The van der Waals surface area contributed by atoms with E-state index in [4.69, 9.17) is 23.2 Å². The van der Waals surface area contributed by atoms with Crippen LogP contribution in [0.1, 0.15) is 17.0 Å². The Hall–Kier alpha value is -2.60. The molecule has 3 heterocycles. The lowest BCUT2D eigenvalue weighted by Crippen LogP contribution is -2.22. The molecule has 5 rings (SSSR count). The molecule has 7 heteroatoms. The monoisotopic (exact) mass is 439 g/mol. The van der Waals surface area contributed by atoms with E-state index in [2.05, 4.69) is 15.6 Å². The van der Waals surface area contributed by atoms with Gasteiger partial charge in [0.2, 0.25) is 0 Å². The molecule has 0 bridgehead atoms. The molecule has 0 N–H and O–H groups in total. The Labute approximate surface area is 180 Å². The Bertz CT molecular complexity index is 1530. The Balaban J connectivity index is 1.71. The number of hydrogen-bond donors (Lipinski definition) is 0. The van der Waals surface area contributed by atoms with Crippen LogP contribution in [-0.2, 0) is 0 Å². The molecular formula is C22H15Cl2N3OS. The van der Waals surface area contributed by atoms with Crippen LogP contribution >= 0.6 is 34.5 Å². The number of benzene rings is 2. The number of rotatable bonds is 2. The van der Waals surface area contributed by atoms with Crippen LogP contribution in [0.2, 0.25) is 10.0 Å². The summed E-state index contributed by atoms with van der Waals surface area (Å²) < 4.78 is 4.41. The molecule has 144 valence electrons. The first-order chi connectivity index (χ1) is 13.9. The van der Waals surface area contributed by atoms with Gasteiger partial charge in [-0.25, -0.2) is 9.38 Å². The van der Waals surface area contributed by atoms with E-state index in [0.717, 1.165) is 33.7 Å². The molecule has 0 saturated heterocycles. The molecule has 0 amide bonds. The molecule has 0 saturated carbocycles. The minimum Gasteiger partial charge on any atom is -0.316 e. The number of para-hydroxylation sites is 2. The maximum Gasteiger partial charge on any atom is 0.274 e. The standard InChI is InChI=1S/C22H15Cl2N3OS/c1-12-9-14(13(2)26(12)18-8-7-15(23)11-16(18)24)10-20-21(28)27-19-6-4-3-5-17(19)25-22(27)29-20/h3-11H,1-2H3/b20-10-. The van der Waals surface area contributed by atoms with E-state index in [0.29, 0.717) is 19.5 Å². The summed E-state index contributed by atoms with van der Waals surface area (Å²) >= 11 is 13.9. The summed E-state index contributed by atoms with van der Waals surface area (Å²) in [5.74, 6) is 0. The lowest BCUT2D eigenvalue weighted by molar-refractivity contribution is 0.965. The van der Waals surface area contributed by atoms with Crippen LogP contribution in [0.5, 0.6) is 0 Å². The lowest BCUT2D eigenvalue weighted by Gasteiger charge is -2.11. The van der Waals surface area contributed by atoms with Crippen LogP contribution in [0.4, 0.5) is 0 Å². The number of hydrogen-bond acceptors (Lipinski definition) is 3. The van der Waals surface area contributed by atoms with E-state index in [1.165, 1.54) is 11.3 Å². The van der Waals surface area contributed by atoms with E-state index in [-0.39, 0.29) is 5.56 Å². The number of fused-ring (bicyclic) bond motifs is 3. The molecule has 5 aromatic rings. The van der Waals surface area contributed by atoms with Crippen molar-refractivity contribution < 1.29 is 0 Å². The van der Waals surface area contributed by atoms with Crippen molar-refractivity contribution in [2.24, 2.45) is 0 Å². The number of halogens is 2. The van der Waals surface area contributed by atoms with Crippen molar-refractivity contribution in [3.63, 3.8) is 0 Å². The zero-order chi connectivity index (χ0) is 20.3. The predicted molar refractivity (Wildman–Crippen MR) is 121 cm³/mol. The number of aromatic nitrogens is 3. The second kappa shape index (κ2) is 6.73. The minimum absolute atomic E-state index is 0.0481. The highest BCUT2D eigenvalue weighted by Gasteiger charge is 2.14. The highest BCUT2D eigenvalue weighted by molar-refractivity contribution is 7.15. The summed E-state index contributed by atoms with van der Waals surface area (Å²) in [7, 11) is 0. The fourth-order valence-corrected chi connectivity index (χ4v) is 5.19. The zero-order valence-corrected chi connectivity index (χ0v) is 17.9. The summed E-state index contributed by atoms with van der Waals surface area (Å²) in [5, 5.41) is 1.18. The van der Waals surface area contributed by atoms with Crippen LogP contribution < -0.4 is 10.1 Å². The van der Waals surface area contributed by atoms with Crippen molar-refractivity contribution in [2.45, 2.75) is 13.8 Å². The second-order valence-electron chi connectivity index (χ2n) is 6.89. The third-order valence-electron chi connectivity index (χ3n) is 5.05. The summed E-state index contributed by atoms with van der Waals surface area (Å²) in [6.07, 6.45) is 1.93. The normalized spacial score (nSPS) is 12.5. The molecule has 0 spiro atoms. The van der Waals surface area contributed by atoms with Crippen molar-refractivity contribution in [1.82, 2.24) is 14.0 Å². The van der Waals surface area contributed by atoms with Crippen LogP contribution in [0, 0.1) is 13.8 Å². The van der Waals surface area contributed by atoms with Crippen LogP contribution in [0.15, 0.2) is 53.3 Å². The SMILES string of the molecule is Cc1cc(/C=c2\sc3nc4ccccc4n3c2=O)c(C)n1-c1ccc(Cl)cc1Cl. The van der Waals surface area contributed by atoms with Gasteiger partial charge in [0.15, 0.2) is 4.96 Å². The summed E-state index contributed by atoms with van der Waals surface area (Å²) in [4.78, 5) is 18.3. The average Bonchev–Trinajstić information content (AvgIpc) is 3.28. The van der Waals surface area contributed by atoms with E-state index in [9.17, 15) is 4.79 Å². The molecule has 0 aliphatic heterocycles. The van der Waals surface area contributed by atoms with Gasteiger partial charge >= 0.3 is 0 Å². The van der Waals surface area contributed by atoms with Gasteiger partial charge in [-0.2, -0.15) is 0 Å². The van der Waals surface area contributed by atoms with Gasteiger partial charge in [-0.3, -0.25) is 4.79 Å². The third-order valence-corrected chi connectivity index (χ3v) is 6.56. The van der Waals surface area contributed by atoms with Crippen molar-refractivity contribution in [1.29, 1.82) is 0 Å². The largest absolute Gasteiger partial charge is 0.316 e. The maximum atomic E-state index is 13.0. The first-order valence-electron chi connectivity index (χ1n) is 9.00. The van der Waals surface area contributed by atoms with Gasteiger partial charge in [-0.1, -0.05) is 46.7 Å². The Morgan fingerprint density at radius 3 is 2.66 bits per heavy atom. The number of thiazole rings is 1. The first kappa shape index (κ1) is 18.4. The van der Waals surface area contributed by atoms with Gasteiger partial charge in [0, 0.05) is 16.4 Å². The van der Waals surface area contributed by atoms with E-state index < -0.39 is 0 Å². The van der Waals surface area contributed by atoms with Gasteiger partial charge in [-0.15, -0.1) is 0 Å². The quantitative estimate of drug-likeness (QED) is 0.380. The van der Waals surface area contributed by atoms with Crippen molar-refractivity contribution in [3.05, 3.63) is 90.4 Å². The molecular weight excluding hydrogens is 425 g/mol. The third kappa shape index (κ3) is 2.89. The van der Waals surface area contributed by atoms with Gasteiger partial charge in [0.05, 0.1) is 26.3 Å². The van der Waals surface area contributed by atoms with E-state index >= 15 is 0 Å². The summed E-state index contributed by atoms with van der Waals surface area (Å²) in [5.41, 5.74) is 5.48. The molecule has 0 aliphatic carbocycles. The molecule has 29 heavy (non-hydrogen) atoms. The van der Waals surface area contributed by atoms with Crippen molar-refractivity contribution >= 4 is 56.6 Å². The number of aryl methyl sites for hydroxylation is 1. The molecule has 2 aromatic carbocycles. The smallest absolute Gasteiger partial charge is 0.274 e. The number of imidazole rings is 1. The maximum absolute atomic E-state index is 13.0. The molecule has 3 aromatic heterocycles. The molecule has 0 fully saturated rings. The first-order valence-corrected chi connectivity index (χ1v) is 10.6. The highest BCUT2D eigenvalue weighted by Crippen LogP contribution is 2.29. The minimum atomic E-state index is -0.0481. The van der Waals surface area contributed by atoms with Gasteiger partial charge in [0.25, 0.3) is 5.56 Å². The molecule has 4 nitrogen and oxygen atoms in total. The zero-order valence-electron chi connectivity index (χ0n) is 15.6. The average molecular weight is 440 g/mol. The Morgan fingerprint density at radius 2 is 1.86 bits per heavy atom. The van der Waals surface area contributed by atoms with Crippen molar-refractivity contribution in [3.8, 4) is 5.69 Å². The van der Waals surface area contributed by atoms with Crippen LogP contribution in [0.25, 0.3) is 27.8 Å². The van der Waals surface area contributed by atoms with E-state index in [1.807, 2.05) is 56.3 Å². The number of nitrogens with zero attached hydrogens (tertiary/aromatic N) is 3. The molecule has 0 aliphatic rings. The van der Waals surface area contributed by atoms with Gasteiger partial charge in [-0.05, 0) is 61.9 Å². The van der Waals surface area contributed by atoms with E-state index in [1.54, 1.807) is 10.5 Å². The van der Waals surface area contributed by atoms with Gasteiger partial charge in [0.1, 0.15) is 0 Å². The Morgan fingerprint density at radius 1 is 1.07 bits per heavy atom. The van der Waals surface area contributed by atoms with Crippen LogP contribution in [0.3, 0.4) is 0 Å². The van der Waals surface area contributed by atoms with Gasteiger partial charge < -0.3 is 4.57 Å². The van der Waals surface area contributed by atoms with Crippen molar-refractivity contribution in [2.75, 3.05) is 0 Å². The van der Waals surface area contributed by atoms with Crippen LogP contribution in [-0.4, -0.2) is 14.0 Å². The Kier molecular flexibility index (Phi) is 4.28. The lowest BCUT2D eigenvalue weighted by atomic mass is 10.2. The predicted octanol–water partition coefficient (Wildman–Crippen LogP) is 5.17. The fraction of sp³-hybridized carbons (Fsp3) is 0.0909. The fourth-order valence-electron chi connectivity index (χ4n) is 3.72. The summed E-state index contributed by atoms with van der Waals surface area (Å²) in [6.45, 7) is 4.03. The summed E-state index contributed by atoms with van der Waals surface area (Å²) in [6, 6.07) is 15.2. The molecule has 0 atom stereocenters. The molecule has 0 unspecified atom stereocenters. The molecule has 0 radical (unpaired) electrons.